The minimum atomic E-state index is -0.468. The van der Waals surface area contributed by atoms with Crippen molar-refractivity contribution in [2.45, 2.75) is 45.6 Å². The van der Waals surface area contributed by atoms with Crippen LogP contribution in [0.25, 0.3) is 0 Å². The summed E-state index contributed by atoms with van der Waals surface area (Å²) in [5.41, 5.74) is 0.429. The summed E-state index contributed by atoms with van der Waals surface area (Å²) in [5, 5.41) is 0.447. The summed E-state index contributed by atoms with van der Waals surface area (Å²) in [6, 6.07) is 1.78. The largest absolute Gasteiger partial charge is 0.444 e. The fourth-order valence-electron chi connectivity index (χ4n) is 2.26. The summed E-state index contributed by atoms with van der Waals surface area (Å²) in [6.07, 6.45) is 0.600. The molecular formula is C14H20ClN3O2. The SMILES string of the molecule is Cc1nc(Cl)cc([C@@H]2CCN(C(=O)OC(C)(C)C)C2)n1. The Morgan fingerprint density at radius 2 is 2.15 bits per heavy atom. The number of nitrogens with zero attached hydrogens (tertiary/aromatic N) is 3. The number of amides is 1. The van der Waals surface area contributed by atoms with E-state index in [2.05, 4.69) is 9.97 Å². The number of ether oxygens (including phenoxy) is 1. The number of rotatable bonds is 1. The first kappa shape index (κ1) is 15.0. The zero-order chi connectivity index (χ0) is 14.9. The summed E-state index contributed by atoms with van der Waals surface area (Å²) in [6.45, 7) is 8.71. The van der Waals surface area contributed by atoms with Crippen molar-refractivity contribution in [3.05, 3.63) is 22.7 Å². The monoisotopic (exact) mass is 297 g/mol. The van der Waals surface area contributed by atoms with Crippen LogP contribution >= 0.6 is 11.6 Å². The van der Waals surface area contributed by atoms with Gasteiger partial charge in [-0.25, -0.2) is 14.8 Å². The third kappa shape index (κ3) is 3.82. The Morgan fingerprint density at radius 1 is 1.45 bits per heavy atom. The molecule has 0 aliphatic carbocycles. The van der Waals surface area contributed by atoms with Crippen molar-refractivity contribution in [1.82, 2.24) is 14.9 Å². The number of aryl methyl sites for hydroxylation is 1. The lowest BCUT2D eigenvalue weighted by Crippen LogP contribution is -2.35. The lowest BCUT2D eigenvalue weighted by atomic mass is 10.1. The molecule has 1 fully saturated rings. The lowest BCUT2D eigenvalue weighted by Gasteiger charge is -2.24. The van der Waals surface area contributed by atoms with E-state index in [1.165, 1.54) is 0 Å². The van der Waals surface area contributed by atoms with Crippen molar-refractivity contribution in [1.29, 1.82) is 0 Å². The molecule has 2 heterocycles. The van der Waals surface area contributed by atoms with E-state index in [9.17, 15) is 4.79 Å². The molecule has 1 atom stereocenters. The van der Waals surface area contributed by atoms with Crippen LogP contribution in [-0.2, 0) is 4.74 Å². The van der Waals surface area contributed by atoms with Crippen LogP contribution in [0.15, 0.2) is 6.07 Å². The van der Waals surface area contributed by atoms with Crippen molar-refractivity contribution in [2.75, 3.05) is 13.1 Å². The zero-order valence-corrected chi connectivity index (χ0v) is 13.1. The van der Waals surface area contributed by atoms with E-state index >= 15 is 0 Å². The zero-order valence-electron chi connectivity index (χ0n) is 12.3. The standard InChI is InChI=1S/C14H20ClN3O2/c1-9-16-11(7-12(15)17-9)10-5-6-18(8-10)13(19)20-14(2,3)4/h7,10H,5-6,8H2,1-4H3/t10-/m1/s1. The van der Waals surface area contributed by atoms with Gasteiger partial charge in [0.15, 0.2) is 0 Å². The molecule has 1 aliphatic heterocycles. The van der Waals surface area contributed by atoms with Gasteiger partial charge in [-0.15, -0.1) is 0 Å². The van der Waals surface area contributed by atoms with E-state index in [1.54, 1.807) is 11.0 Å². The van der Waals surface area contributed by atoms with Crippen LogP contribution in [-0.4, -0.2) is 39.7 Å². The highest BCUT2D eigenvalue weighted by molar-refractivity contribution is 6.29. The Labute approximate surface area is 124 Å². The van der Waals surface area contributed by atoms with Gasteiger partial charge in [0.05, 0.1) is 5.69 Å². The van der Waals surface area contributed by atoms with Crippen LogP contribution in [0.2, 0.25) is 5.15 Å². The van der Waals surface area contributed by atoms with Crippen LogP contribution in [0.5, 0.6) is 0 Å². The molecule has 1 aliphatic rings. The van der Waals surface area contributed by atoms with Crippen LogP contribution in [0, 0.1) is 6.92 Å². The van der Waals surface area contributed by atoms with E-state index in [0.717, 1.165) is 12.1 Å². The highest BCUT2D eigenvalue weighted by Crippen LogP contribution is 2.28. The molecule has 0 radical (unpaired) electrons. The number of carbonyl (C=O) groups excluding carboxylic acids is 1. The first-order valence-electron chi connectivity index (χ1n) is 6.73. The van der Waals surface area contributed by atoms with E-state index in [1.807, 2.05) is 27.7 Å². The quantitative estimate of drug-likeness (QED) is 0.747. The van der Waals surface area contributed by atoms with Crippen molar-refractivity contribution >= 4 is 17.7 Å². The predicted molar refractivity (Wildman–Crippen MR) is 76.9 cm³/mol. The van der Waals surface area contributed by atoms with Crippen LogP contribution in [0.4, 0.5) is 4.79 Å². The smallest absolute Gasteiger partial charge is 0.410 e. The number of halogens is 1. The van der Waals surface area contributed by atoms with Crippen LogP contribution in [0.1, 0.15) is 44.6 Å². The van der Waals surface area contributed by atoms with Gasteiger partial charge in [-0.3, -0.25) is 0 Å². The molecule has 5 nitrogen and oxygen atoms in total. The summed E-state index contributed by atoms with van der Waals surface area (Å²) >= 11 is 5.96. The number of carbonyl (C=O) groups is 1. The molecular weight excluding hydrogens is 278 g/mol. The maximum atomic E-state index is 12.0. The number of hydrogen-bond donors (Lipinski definition) is 0. The van der Waals surface area contributed by atoms with Gasteiger partial charge in [0, 0.05) is 19.0 Å². The van der Waals surface area contributed by atoms with Gasteiger partial charge in [-0.2, -0.15) is 0 Å². The average molecular weight is 298 g/mol. The van der Waals surface area contributed by atoms with Crippen LogP contribution in [0.3, 0.4) is 0 Å². The molecule has 1 saturated heterocycles. The Kier molecular flexibility index (Phi) is 4.18. The molecule has 0 unspecified atom stereocenters. The van der Waals surface area contributed by atoms with E-state index in [-0.39, 0.29) is 12.0 Å². The maximum absolute atomic E-state index is 12.0. The van der Waals surface area contributed by atoms with Gasteiger partial charge in [0.1, 0.15) is 16.6 Å². The van der Waals surface area contributed by atoms with E-state index in [0.29, 0.717) is 24.1 Å². The lowest BCUT2D eigenvalue weighted by molar-refractivity contribution is 0.0292. The Bertz CT molecular complexity index is 493. The minimum absolute atomic E-state index is 0.196. The van der Waals surface area contributed by atoms with Crippen molar-refractivity contribution in [3.63, 3.8) is 0 Å². The van der Waals surface area contributed by atoms with Gasteiger partial charge >= 0.3 is 6.09 Å². The molecule has 0 saturated carbocycles. The molecule has 0 N–H and O–H groups in total. The highest BCUT2D eigenvalue weighted by Gasteiger charge is 2.31. The third-order valence-electron chi connectivity index (χ3n) is 3.08. The van der Waals surface area contributed by atoms with Crippen LogP contribution < -0.4 is 0 Å². The van der Waals surface area contributed by atoms with Gasteiger partial charge in [-0.1, -0.05) is 11.6 Å². The molecule has 6 heteroatoms. The average Bonchev–Trinajstić information content (AvgIpc) is 2.74. The molecule has 0 aromatic carbocycles. The molecule has 20 heavy (non-hydrogen) atoms. The maximum Gasteiger partial charge on any atom is 0.410 e. The molecule has 0 bridgehead atoms. The topological polar surface area (TPSA) is 55.3 Å². The fourth-order valence-corrected chi connectivity index (χ4v) is 2.49. The normalized spacial score (nSPS) is 19.2. The molecule has 1 aromatic heterocycles. The van der Waals surface area contributed by atoms with Crippen molar-refractivity contribution < 1.29 is 9.53 Å². The highest BCUT2D eigenvalue weighted by atomic mass is 35.5. The molecule has 0 spiro atoms. The fraction of sp³-hybridized carbons (Fsp3) is 0.643. The molecule has 1 aromatic rings. The first-order chi connectivity index (χ1) is 9.24. The number of hydrogen-bond acceptors (Lipinski definition) is 4. The Morgan fingerprint density at radius 3 is 2.75 bits per heavy atom. The summed E-state index contributed by atoms with van der Waals surface area (Å²) in [7, 11) is 0. The molecule has 110 valence electrons. The second kappa shape index (κ2) is 5.56. The number of aromatic nitrogens is 2. The van der Waals surface area contributed by atoms with E-state index in [4.69, 9.17) is 16.3 Å². The Balaban J connectivity index is 2.03. The molecule has 2 rings (SSSR count). The second-order valence-corrected chi connectivity index (χ2v) is 6.46. The van der Waals surface area contributed by atoms with Gasteiger partial charge in [0.25, 0.3) is 0 Å². The first-order valence-corrected chi connectivity index (χ1v) is 7.11. The number of likely N-dealkylation sites (tertiary alicyclic amines) is 1. The van der Waals surface area contributed by atoms with Crippen molar-refractivity contribution in [3.8, 4) is 0 Å². The minimum Gasteiger partial charge on any atom is -0.444 e. The predicted octanol–water partition coefficient (Wildman–Crippen LogP) is 3.16. The van der Waals surface area contributed by atoms with Gasteiger partial charge < -0.3 is 9.64 Å². The summed E-state index contributed by atoms with van der Waals surface area (Å²) in [4.78, 5) is 22.2. The Hall–Kier alpha value is -1.36. The van der Waals surface area contributed by atoms with Crippen molar-refractivity contribution in [2.24, 2.45) is 0 Å². The van der Waals surface area contributed by atoms with Gasteiger partial charge in [-0.05, 0) is 40.2 Å². The second-order valence-electron chi connectivity index (χ2n) is 6.07. The van der Waals surface area contributed by atoms with Gasteiger partial charge in [0.2, 0.25) is 0 Å². The molecule has 1 amide bonds. The van der Waals surface area contributed by atoms with E-state index < -0.39 is 5.60 Å². The summed E-state index contributed by atoms with van der Waals surface area (Å²) in [5.74, 6) is 0.852. The summed E-state index contributed by atoms with van der Waals surface area (Å²) < 4.78 is 5.38. The third-order valence-corrected chi connectivity index (χ3v) is 3.28.